The number of anilines is 1. The van der Waals surface area contributed by atoms with Gasteiger partial charge in [-0.05, 0) is 35.4 Å². The minimum Gasteiger partial charge on any atom is -0.396 e. The zero-order valence-electron chi connectivity index (χ0n) is 16.7. The third-order valence-electron chi connectivity index (χ3n) is 5.33. The number of nitrogen functional groups attached to an aromatic ring is 1. The molecular formula is C24H26N4O. The second-order valence-electron chi connectivity index (χ2n) is 7.37. The lowest BCUT2D eigenvalue weighted by Gasteiger charge is -2.27. The molecular weight excluding hydrogens is 360 g/mol. The molecule has 1 aliphatic rings. The third-order valence-corrected chi connectivity index (χ3v) is 5.33. The first-order valence-electron chi connectivity index (χ1n) is 10.2. The lowest BCUT2D eigenvalue weighted by atomic mass is 9.79. The van der Waals surface area contributed by atoms with Crippen LogP contribution in [0.3, 0.4) is 0 Å². The average Bonchev–Trinajstić information content (AvgIpc) is 2.77. The van der Waals surface area contributed by atoms with Crippen LogP contribution in [0.1, 0.15) is 48.9 Å². The zero-order chi connectivity index (χ0) is 20.1. The molecule has 5 nitrogen and oxygen atoms in total. The Bertz CT molecular complexity index is 1000. The van der Waals surface area contributed by atoms with Crippen molar-refractivity contribution in [3.8, 4) is 11.1 Å². The summed E-state index contributed by atoms with van der Waals surface area (Å²) in [7, 11) is 0. The van der Waals surface area contributed by atoms with Gasteiger partial charge in [0.1, 0.15) is 6.61 Å². The van der Waals surface area contributed by atoms with E-state index in [9.17, 15) is 0 Å². The van der Waals surface area contributed by atoms with Gasteiger partial charge in [-0.3, -0.25) is 0 Å². The van der Waals surface area contributed by atoms with Crippen LogP contribution < -0.4 is 5.73 Å². The summed E-state index contributed by atoms with van der Waals surface area (Å²) < 4.78 is 0. The molecule has 0 fully saturated rings. The van der Waals surface area contributed by atoms with E-state index in [4.69, 9.17) is 10.6 Å². The topological polar surface area (TPSA) is 73.4 Å². The zero-order valence-corrected chi connectivity index (χ0v) is 16.7. The summed E-state index contributed by atoms with van der Waals surface area (Å²) in [4.78, 5) is 14.3. The average molecular weight is 386 g/mol. The number of rotatable bonds is 6. The highest BCUT2D eigenvalue weighted by molar-refractivity contribution is 6.02. The maximum Gasteiger partial charge on any atom is 0.220 e. The van der Waals surface area contributed by atoms with Crippen molar-refractivity contribution >= 4 is 11.7 Å². The molecule has 1 aliphatic carbocycles. The Kier molecular flexibility index (Phi) is 5.84. The highest BCUT2D eigenvalue weighted by atomic mass is 16.6. The molecule has 4 rings (SSSR count). The first-order chi connectivity index (χ1) is 14.3. The minimum atomic E-state index is 0.252. The van der Waals surface area contributed by atoms with Crippen LogP contribution in [0.25, 0.3) is 11.1 Å². The SMILES string of the molecule is CCCCON=C1CC(c2ccccc2-c2ccccc2)Cc2nc(N)ncc21. The summed E-state index contributed by atoms with van der Waals surface area (Å²) in [6, 6.07) is 19.1. The molecule has 2 aromatic carbocycles. The van der Waals surface area contributed by atoms with Gasteiger partial charge < -0.3 is 10.6 Å². The lowest BCUT2D eigenvalue weighted by Crippen LogP contribution is -2.22. The van der Waals surface area contributed by atoms with Crippen molar-refractivity contribution in [3.63, 3.8) is 0 Å². The fourth-order valence-corrected chi connectivity index (χ4v) is 3.85. The fraction of sp³-hybridized carbons (Fsp3) is 0.292. The van der Waals surface area contributed by atoms with Crippen molar-refractivity contribution < 1.29 is 4.84 Å². The van der Waals surface area contributed by atoms with Crippen LogP contribution in [-0.4, -0.2) is 22.3 Å². The monoisotopic (exact) mass is 386 g/mol. The molecule has 1 atom stereocenters. The predicted molar refractivity (Wildman–Crippen MR) is 117 cm³/mol. The standard InChI is InChI=1S/C24H26N4O/c1-2-3-13-29-28-23-15-18(14-22-21(23)16-26-24(25)27-22)20-12-8-7-11-19(20)17-9-5-4-6-10-17/h4-12,16,18H,2-3,13-15H2,1H3,(H2,25,26,27). The predicted octanol–water partition coefficient (Wildman–Crippen LogP) is 4.98. The number of nitrogens with zero attached hydrogens (tertiary/aromatic N) is 3. The second kappa shape index (κ2) is 8.86. The van der Waals surface area contributed by atoms with E-state index in [1.807, 2.05) is 6.07 Å². The van der Waals surface area contributed by atoms with E-state index in [0.29, 0.717) is 12.6 Å². The maximum absolute atomic E-state index is 5.88. The molecule has 0 saturated heterocycles. The largest absolute Gasteiger partial charge is 0.396 e. The molecule has 148 valence electrons. The molecule has 2 N–H and O–H groups in total. The number of aromatic nitrogens is 2. The number of oxime groups is 1. The van der Waals surface area contributed by atoms with Gasteiger partial charge in [-0.2, -0.15) is 0 Å². The summed E-state index contributed by atoms with van der Waals surface area (Å²) in [5.74, 6) is 0.550. The van der Waals surface area contributed by atoms with E-state index < -0.39 is 0 Å². The van der Waals surface area contributed by atoms with Crippen LogP contribution in [0.4, 0.5) is 5.95 Å². The Morgan fingerprint density at radius 2 is 1.83 bits per heavy atom. The molecule has 1 heterocycles. The summed E-state index contributed by atoms with van der Waals surface area (Å²) in [5.41, 5.74) is 12.4. The van der Waals surface area contributed by atoms with Gasteiger partial charge in [-0.15, -0.1) is 0 Å². The Morgan fingerprint density at radius 3 is 2.66 bits per heavy atom. The first-order valence-corrected chi connectivity index (χ1v) is 10.2. The summed E-state index contributed by atoms with van der Waals surface area (Å²) in [5, 5.41) is 4.47. The van der Waals surface area contributed by atoms with Gasteiger partial charge in [0.25, 0.3) is 0 Å². The highest BCUT2D eigenvalue weighted by Gasteiger charge is 2.28. The van der Waals surface area contributed by atoms with Crippen molar-refractivity contribution in [3.05, 3.63) is 77.6 Å². The van der Waals surface area contributed by atoms with E-state index in [1.165, 1.54) is 16.7 Å². The van der Waals surface area contributed by atoms with Crippen LogP contribution in [0.15, 0.2) is 65.9 Å². The van der Waals surface area contributed by atoms with Crippen LogP contribution >= 0.6 is 0 Å². The first kappa shape index (κ1) is 19.1. The van der Waals surface area contributed by atoms with Gasteiger partial charge in [0, 0.05) is 18.2 Å². The van der Waals surface area contributed by atoms with Gasteiger partial charge in [0.2, 0.25) is 5.95 Å². The van der Waals surface area contributed by atoms with Crippen molar-refractivity contribution in [1.29, 1.82) is 0 Å². The summed E-state index contributed by atoms with van der Waals surface area (Å²) in [6.45, 7) is 2.76. The summed E-state index contributed by atoms with van der Waals surface area (Å²) >= 11 is 0. The quantitative estimate of drug-likeness (QED) is 0.479. The molecule has 3 aromatic rings. The molecule has 0 saturated carbocycles. The fourth-order valence-electron chi connectivity index (χ4n) is 3.85. The Hall–Kier alpha value is -3.21. The van der Waals surface area contributed by atoms with Gasteiger partial charge in [0.15, 0.2) is 0 Å². The van der Waals surface area contributed by atoms with E-state index >= 15 is 0 Å². The summed E-state index contributed by atoms with van der Waals surface area (Å²) in [6.07, 6.45) is 5.44. The van der Waals surface area contributed by atoms with Crippen LogP contribution in [0.5, 0.6) is 0 Å². The van der Waals surface area contributed by atoms with E-state index in [1.54, 1.807) is 6.20 Å². The van der Waals surface area contributed by atoms with Crippen molar-refractivity contribution in [2.24, 2.45) is 5.16 Å². The van der Waals surface area contributed by atoms with Gasteiger partial charge in [0.05, 0.1) is 11.4 Å². The molecule has 0 radical (unpaired) electrons. The number of benzene rings is 2. The third kappa shape index (κ3) is 4.29. The minimum absolute atomic E-state index is 0.252. The molecule has 29 heavy (non-hydrogen) atoms. The molecule has 0 bridgehead atoms. The maximum atomic E-state index is 5.88. The van der Waals surface area contributed by atoms with Gasteiger partial charge >= 0.3 is 0 Å². The molecule has 0 amide bonds. The molecule has 0 spiro atoms. The van der Waals surface area contributed by atoms with Crippen LogP contribution in [0, 0.1) is 0 Å². The second-order valence-corrected chi connectivity index (χ2v) is 7.37. The number of fused-ring (bicyclic) bond motifs is 1. The van der Waals surface area contributed by atoms with Gasteiger partial charge in [-0.25, -0.2) is 9.97 Å². The van der Waals surface area contributed by atoms with Crippen molar-refractivity contribution in [2.45, 2.75) is 38.5 Å². The number of nitrogens with two attached hydrogens (primary N) is 1. The number of hydrogen-bond donors (Lipinski definition) is 1. The van der Waals surface area contributed by atoms with Gasteiger partial charge in [-0.1, -0.05) is 73.1 Å². The number of hydrogen-bond acceptors (Lipinski definition) is 5. The molecule has 1 unspecified atom stereocenters. The number of unbranched alkanes of at least 4 members (excludes halogenated alkanes) is 1. The Labute approximate surface area is 171 Å². The molecule has 5 heteroatoms. The highest BCUT2D eigenvalue weighted by Crippen LogP contribution is 2.37. The smallest absolute Gasteiger partial charge is 0.220 e. The van der Waals surface area contributed by atoms with Crippen LogP contribution in [0.2, 0.25) is 0 Å². The van der Waals surface area contributed by atoms with E-state index in [-0.39, 0.29) is 5.92 Å². The molecule has 0 aliphatic heterocycles. The Balaban J connectivity index is 1.71. The van der Waals surface area contributed by atoms with E-state index in [2.05, 4.69) is 70.6 Å². The van der Waals surface area contributed by atoms with Crippen molar-refractivity contribution in [2.75, 3.05) is 12.3 Å². The molecule has 1 aromatic heterocycles. The van der Waals surface area contributed by atoms with Crippen LogP contribution in [-0.2, 0) is 11.3 Å². The van der Waals surface area contributed by atoms with E-state index in [0.717, 1.165) is 42.7 Å². The lowest BCUT2D eigenvalue weighted by molar-refractivity contribution is 0.140. The Morgan fingerprint density at radius 1 is 1.03 bits per heavy atom. The normalized spacial score (nSPS) is 17.1. The van der Waals surface area contributed by atoms with Crippen molar-refractivity contribution in [1.82, 2.24) is 9.97 Å².